The Balaban J connectivity index is 2.16. The van der Waals surface area contributed by atoms with Gasteiger partial charge < -0.3 is 0 Å². The van der Waals surface area contributed by atoms with Crippen molar-refractivity contribution in [2.24, 2.45) is 11.8 Å². The number of ketones is 1. The molecule has 0 N–H and O–H groups in total. The summed E-state index contributed by atoms with van der Waals surface area (Å²) in [5.41, 5.74) is 0. The zero-order chi connectivity index (χ0) is 14.6. The highest BCUT2D eigenvalue weighted by Crippen LogP contribution is 2.34. The average molecular weight is 280 g/mol. The van der Waals surface area contributed by atoms with Crippen molar-refractivity contribution >= 4 is 5.78 Å². The summed E-state index contributed by atoms with van der Waals surface area (Å²) in [4.78, 5) is 12.4. The summed E-state index contributed by atoms with van der Waals surface area (Å²) < 4.78 is 0. The molecule has 0 aliphatic heterocycles. The molecular weight excluding hydrogens is 244 g/mol. The van der Waals surface area contributed by atoms with Gasteiger partial charge in [-0.05, 0) is 31.6 Å². The van der Waals surface area contributed by atoms with Gasteiger partial charge in [-0.25, -0.2) is 0 Å². The first-order chi connectivity index (χ1) is 9.77. The lowest BCUT2D eigenvalue weighted by Gasteiger charge is -2.15. The number of hydrogen-bond acceptors (Lipinski definition) is 1. The summed E-state index contributed by atoms with van der Waals surface area (Å²) in [6.45, 7) is 4.51. The summed E-state index contributed by atoms with van der Waals surface area (Å²) in [7, 11) is 0. The van der Waals surface area contributed by atoms with Gasteiger partial charge in [-0.15, -0.1) is 0 Å². The second-order valence-electron chi connectivity index (χ2n) is 6.86. The zero-order valence-electron chi connectivity index (χ0n) is 14.0. The van der Waals surface area contributed by atoms with Gasteiger partial charge in [0.05, 0.1) is 0 Å². The first kappa shape index (κ1) is 17.7. The van der Waals surface area contributed by atoms with Gasteiger partial charge in [-0.1, -0.05) is 71.6 Å². The second-order valence-corrected chi connectivity index (χ2v) is 6.86. The fraction of sp³-hybridized carbons (Fsp3) is 0.947. The SMILES string of the molecule is CCCCCCCCC(CCCCC)C(=O)CC1CC1. The zero-order valence-corrected chi connectivity index (χ0v) is 14.0. The van der Waals surface area contributed by atoms with E-state index < -0.39 is 0 Å². The van der Waals surface area contributed by atoms with E-state index in [-0.39, 0.29) is 0 Å². The molecule has 0 radical (unpaired) electrons. The Morgan fingerprint density at radius 3 is 1.95 bits per heavy atom. The lowest BCUT2D eigenvalue weighted by molar-refractivity contribution is -0.123. The third-order valence-electron chi connectivity index (χ3n) is 4.70. The Kier molecular flexibility index (Phi) is 10.1. The average Bonchev–Trinajstić information content (AvgIpc) is 3.24. The van der Waals surface area contributed by atoms with E-state index in [9.17, 15) is 4.79 Å². The number of unbranched alkanes of at least 4 members (excludes halogenated alkanes) is 7. The van der Waals surface area contributed by atoms with E-state index in [0.29, 0.717) is 11.7 Å². The minimum Gasteiger partial charge on any atom is -0.299 e. The second kappa shape index (κ2) is 11.3. The van der Waals surface area contributed by atoms with Crippen LogP contribution in [0, 0.1) is 11.8 Å². The molecule has 0 amide bonds. The van der Waals surface area contributed by atoms with Crippen LogP contribution in [0.1, 0.15) is 104 Å². The highest BCUT2D eigenvalue weighted by atomic mass is 16.1. The molecule has 20 heavy (non-hydrogen) atoms. The molecule has 0 aromatic rings. The van der Waals surface area contributed by atoms with Gasteiger partial charge in [0.25, 0.3) is 0 Å². The van der Waals surface area contributed by atoms with Crippen molar-refractivity contribution in [1.29, 1.82) is 0 Å². The number of rotatable bonds is 14. The Labute approximate surface area is 126 Å². The van der Waals surface area contributed by atoms with Crippen molar-refractivity contribution < 1.29 is 4.79 Å². The van der Waals surface area contributed by atoms with E-state index in [2.05, 4.69) is 13.8 Å². The molecule has 0 aromatic heterocycles. The quantitative estimate of drug-likeness (QED) is 0.341. The Morgan fingerprint density at radius 2 is 1.35 bits per heavy atom. The van der Waals surface area contributed by atoms with Crippen molar-refractivity contribution in [3.8, 4) is 0 Å². The van der Waals surface area contributed by atoms with Crippen molar-refractivity contribution in [2.45, 2.75) is 104 Å². The molecule has 1 atom stereocenters. The topological polar surface area (TPSA) is 17.1 Å². The van der Waals surface area contributed by atoms with Crippen molar-refractivity contribution in [1.82, 2.24) is 0 Å². The first-order valence-corrected chi connectivity index (χ1v) is 9.30. The predicted octanol–water partition coefficient (Wildman–Crippen LogP) is 6.30. The molecule has 0 bridgehead atoms. The lowest BCUT2D eigenvalue weighted by atomic mass is 9.88. The summed E-state index contributed by atoms with van der Waals surface area (Å²) in [6.07, 6.45) is 17.7. The van der Waals surface area contributed by atoms with Crippen LogP contribution >= 0.6 is 0 Å². The van der Waals surface area contributed by atoms with Crippen LogP contribution in [0.5, 0.6) is 0 Å². The van der Waals surface area contributed by atoms with Crippen LogP contribution in [-0.2, 0) is 4.79 Å². The summed E-state index contributed by atoms with van der Waals surface area (Å²) >= 11 is 0. The van der Waals surface area contributed by atoms with Crippen LogP contribution in [-0.4, -0.2) is 5.78 Å². The maximum absolute atomic E-state index is 12.4. The predicted molar refractivity (Wildman–Crippen MR) is 88.0 cm³/mol. The van der Waals surface area contributed by atoms with Crippen LogP contribution < -0.4 is 0 Å². The Morgan fingerprint density at radius 1 is 0.850 bits per heavy atom. The molecule has 1 saturated carbocycles. The van der Waals surface area contributed by atoms with E-state index >= 15 is 0 Å². The smallest absolute Gasteiger partial charge is 0.136 e. The van der Waals surface area contributed by atoms with Gasteiger partial charge in [-0.2, -0.15) is 0 Å². The van der Waals surface area contributed by atoms with Crippen LogP contribution in [0.4, 0.5) is 0 Å². The molecule has 1 fully saturated rings. The lowest BCUT2D eigenvalue weighted by Crippen LogP contribution is -2.15. The van der Waals surface area contributed by atoms with Crippen molar-refractivity contribution in [3.63, 3.8) is 0 Å². The minimum absolute atomic E-state index is 0.397. The number of carbonyl (C=O) groups excluding carboxylic acids is 1. The fourth-order valence-corrected chi connectivity index (χ4v) is 3.05. The molecule has 0 saturated heterocycles. The van der Waals surface area contributed by atoms with Gasteiger partial charge >= 0.3 is 0 Å². The third kappa shape index (κ3) is 8.76. The van der Waals surface area contributed by atoms with Crippen molar-refractivity contribution in [2.75, 3.05) is 0 Å². The monoisotopic (exact) mass is 280 g/mol. The van der Waals surface area contributed by atoms with E-state index in [0.717, 1.165) is 18.8 Å². The molecule has 1 rings (SSSR count). The number of Topliss-reactive ketones (excluding diaryl/α,β-unsaturated/α-hetero) is 1. The highest BCUT2D eigenvalue weighted by Gasteiger charge is 2.27. The minimum atomic E-state index is 0.397. The van der Waals surface area contributed by atoms with Gasteiger partial charge in [-0.3, -0.25) is 4.79 Å². The Bertz CT molecular complexity index is 242. The third-order valence-corrected chi connectivity index (χ3v) is 4.70. The first-order valence-electron chi connectivity index (χ1n) is 9.30. The highest BCUT2D eigenvalue weighted by molar-refractivity contribution is 5.81. The van der Waals surface area contributed by atoms with Crippen LogP contribution in [0.25, 0.3) is 0 Å². The molecule has 1 aliphatic rings. The summed E-state index contributed by atoms with van der Waals surface area (Å²) in [6, 6.07) is 0. The largest absolute Gasteiger partial charge is 0.299 e. The molecule has 1 heteroatoms. The molecule has 118 valence electrons. The normalized spacial score (nSPS) is 16.3. The van der Waals surface area contributed by atoms with E-state index in [1.807, 2.05) is 0 Å². The summed E-state index contributed by atoms with van der Waals surface area (Å²) in [5, 5.41) is 0. The van der Waals surface area contributed by atoms with E-state index in [1.54, 1.807) is 0 Å². The molecule has 1 unspecified atom stereocenters. The number of carbonyl (C=O) groups is 1. The van der Waals surface area contributed by atoms with E-state index in [1.165, 1.54) is 77.0 Å². The van der Waals surface area contributed by atoms with Crippen LogP contribution in [0.3, 0.4) is 0 Å². The number of hydrogen-bond donors (Lipinski definition) is 0. The summed E-state index contributed by atoms with van der Waals surface area (Å²) in [5.74, 6) is 1.76. The Hall–Kier alpha value is -0.330. The fourth-order valence-electron chi connectivity index (χ4n) is 3.05. The molecule has 1 nitrogen and oxygen atoms in total. The van der Waals surface area contributed by atoms with Crippen LogP contribution in [0.15, 0.2) is 0 Å². The molecule has 0 aromatic carbocycles. The molecule has 1 aliphatic carbocycles. The van der Waals surface area contributed by atoms with Crippen LogP contribution in [0.2, 0.25) is 0 Å². The van der Waals surface area contributed by atoms with Gasteiger partial charge in [0.1, 0.15) is 5.78 Å². The molecule has 0 spiro atoms. The van der Waals surface area contributed by atoms with Gasteiger partial charge in [0.15, 0.2) is 0 Å². The maximum Gasteiger partial charge on any atom is 0.136 e. The van der Waals surface area contributed by atoms with E-state index in [4.69, 9.17) is 0 Å². The van der Waals surface area contributed by atoms with Gasteiger partial charge in [0, 0.05) is 12.3 Å². The molecule has 0 heterocycles. The standard InChI is InChI=1S/C19H36O/c1-3-5-7-8-9-11-13-18(12-10-6-4-2)19(20)16-17-14-15-17/h17-18H,3-16H2,1-2H3. The van der Waals surface area contributed by atoms with Gasteiger partial charge in [0.2, 0.25) is 0 Å². The molecular formula is C19H36O. The maximum atomic E-state index is 12.4. The van der Waals surface area contributed by atoms with Crippen molar-refractivity contribution in [3.05, 3.63) is 0 Å².